The Morgan fingerprint density at radius 3 is 1.09 bits per heavy atom. The van der Waals surface area contributed by atoms with Crippen LogP contribution in [0.3, 0.4) is 0 Å². The quantitative estimate of drug-likeness (QED) is 0.0732. The van der Waals surface area contributed by atoms with Crippen molar-refractivity contribution >= 4 is 36.1 Å². The van der Waals surface area contributed by atoms with Gasteiger partial charge in [0.1, 0.15) is 25.4 Å². The number of carbonyl (C=O) groups excluding carboxylic acids is 6. The van der Waals surface area contributed by atoms with E-state index in [2.05, 4.69) is 26.3 Å². The molecule has 2 unspecified atom stereocenters. The van der Waals surface area contributed by atoms with Gasteiger partial charge in [0, 0.05) is 22.3 Å². The molecule has 0 rings (SSSR count). The molecular weight excluding hydrogens is 580 g/mol. The van der Waals surface area contributed by atoms with E-state index < -0.39 is 48.3 Å². The molecule has 0 saturated carbocycles. The molecule has 44 heavy (non-hydrogen) atoms. The molecule has 0 fully saturated rings. The van der Waals surface area contributed by atoms with Crippen LogP contribution in [0.5, 0.6) is 0 Å². The summed E-state index contributed by atoms with van der Waals surface area (Å²) in [4.78, 5) is 82.6. The molecule has 0 bridgehead atoms. The maximum Gasteiger partial charge on any atom is 0.443 e. The van der Waals surface area contributed by atoms with Crippen molar-refractivity contribution in [1.29, 1.82) is 0 Å². The Balaban J connectivity index is 4.99. The SMILES string of the molecule is C=C(C)C(=O)OC(C)COC(=O)N(CCCCCCN(OC(=O)C(=C)C)C(=O)OCC(C)OC(=O)C(=C)C)OC(=O)C(=C)C. The molecule has 14 nitrogen and oxygen atoms in total. The zero-order valence-corrected chi connectivity index (χ0v) is 26.4. The fourth-order valence-electron chi connectivity index (χ4n) is 2.72. The molecule has 0 heterocycles. The smallest absolute Gasteiger partial charge is 0.443 e. The predicted molar refractivity (Wildman–Crippen MR) is 157 cm³/mol. The van der Waals surface area contributed by atoms with Crippen molar-refractivity contribution < 1.29 is 57.4 Å². The minimum Gasteiger partial charge on any atom is -0.456 e. The molecule has 2 atom stereocenters. The van der Waals surface area contributed by atoms with Gasteiger partial charge in [-0.1, -0.05) is 39.2 Å². The average molecular weight is 625 g/mol. The number of hydrogen-bond donors (Lipinski definition) is 0. The van der Waals surface area contributed by atoms with Crippen molar-refractivity contribution in [2.24, 2.45) is 0 Å². The molecule has 0 aromatic heterocycles. The van der Waals surface area contributed by atoms with Crippen LogP contribution in [0.4, 0.5) is 9.59 Å². The number of esters is 2. The molecule has 0 aliphatic rings. The Morgan fingerprint density at radius 2 is 0.818 bits per heavy atom. The summed E-state index contributed by atoms with van der Waals surface area (Å²) in [6.45, 7) is 22.1. The van der Waals surface area contributed by atoms with Gasteiger partial charge in [-0.15, -0.1) is 10.1 Å². The highest BCUT2D eigenvalue weighted by Crippen LogP contribution is 2.11. The minimum absolute atomic E-state index is 0.0328. The van der Waals surface area contributed by atoms with E-state index in [4.69, 9.17) is 28.6 Å². The van der Waals surface area contributed by atoms with Gasteiger partial charge in [-0.3, -0.25) is 0 Å². The first-order chi connectivity index (χ1) is 20.5. The number of rotatable bonds is 17. The summed E-state index contributed by atoms with van der Waals surface area (Å²) >= 11 is 0. The third kappa shape index (κ3) is 16.7. The number of carbonyl (C=O) groups is 6. The van der Waals surface area contributed by atoms with Crippen LogP contribution in [-0.4, -0.2) is 84.7 Å². The molecule has 0 aliphatic heterocycles. The van der Waals surface area contributed by atoms with Gasteiger partial charge in [0.2, 0.25) is 0 Å². The second-order valence-corrected chi connectivity index (χ2v) is 10.1. The van der Waals surface area contributed by atoms with Crippen molar-refractivity contribution in [2.75, 3.05) is 26.3 Å². The van der Waals surface area contributed by atoms with Crippen molar-refractivity contribution in [3.05, 3.63) is 48.6 Å². The highest BCUT2D eigenvalue weighted by Gasteiger charge is 2.24. The Hall–Kier alpha value is -4.62. The lowest BCUT2D eigenvalue weighted by molar-refractivity contribution is -0.178. The van der Waals surface area contributed by atoms with Crippen LogP contribution in [0.15, 0.2) is 48.6 Å². The van der Waals surface area contributed by atoms with Gasteiger partial charge in [0.05, 0.1) is 13.1 Å². The predicted octanol–water partition coefficient (Wildman–Crippen LogP) is 4.51. The molecule has 0 aliphatic carbocycles. The Morgan fingerprint density at radius 1 is 0.523 bits per heavy atom. The van der Waals surface area contributed by atoms with Gasteiger partial charge in [-0.2, -0.15) is 0 Å². The Bertz CT molecular complexity index is 1030. The molecular formula is C30H44N2O12. The van der Waals surface area contributed by atoms with Crippen LogP contribution in [0.25, 0.3) is 0 Å². The summed E-state index contributed by atoms with van der Waals surface area (Å²) in [6.07, 6.45) is -1.75. The normalized spacial score (nSPS) is 11.5. The van der Waals surface area contributed by atoms with Crippen molar-refractivity contribution in [3.63, 3.8) is 0 Å². The summed E-state index contributed by atoms with van der Waals surface area (Å²) < 4.78 is 20.4. The fourth-order valence-corrected chi connectivity index (χ4v) is 2.72. The zero-order chi connectivity index (χ0) is 34.0. The lowest BCUT2D eigenvalue weighted by Crippen LogP contribution is -2.37. The highest BCUT2D eigenvalue weighted by atomic mass is 16.8. The molecule has 0 spiro atoms. The van der Waals surface area contributed by atoms with E-state index in [1.807, 2.05) is 0 Å². The van der Waals surface area contributed by atoms with Crippen molar-refractivity contribution in [2.45, 2.75) is 79.4 Å². The Labute approximate surface area is 258 Å². The number of ether oxygens (including phenoxy) is 4. The van der Waals surface area contributed by atoms with Gasteiger partial charge in [-0.05, 0) is 54.4 Å². The van der Waals surface area contributed by atoms with E-state index in [9.17, 15) is 28.8 Å². The summed E-state index contributed by atoms with van der Waals surface area (Å²) in [5, 5.41) is 1.48. The number of amides is 2. The van der Waals surface area contributed by atoms with Crippen LogP contribution in [0.2, 0.25) is 0 Å². The average Bonchev–Trinajstić information content (AvgIpc) is 2.94. The van der Waals surface area contributed by atoms with Gasteiger partial charge in [0.25, 0.3) is 0 Å². The van der Waals surface area contributed by atoms with Crippen LogP contribution < -0.4 is 0 Å². The number of nitrogens with zero attached hydrogens (tertiary/aromatic N) is 2. The molecule has 2 amide bonds. The van der Waals surface area contributed by atoms with E-state index >= 15 is 0 Å². The molecule has 246 valence electrons. The monoisotopic (exact) mass is 624 g/mol. The van der Waals surface area contributed by atoms with E-state index in [-0.39, 0.29) is 48.6 Å². The molecule has 0 saturated heterocycles. The second kappa shape index (κ2) is 20.3. The fraction of sp³-hybridized carbons (Fsp3) is 0.533. The van der Waals surface area contributed by atoms with E-state index in [1.54, 1.807) is 0 Å². The summed E-state index contributed by atoms with van der Waals surface area (Å²) in [5.41, 5.74) is 0.494. The Kier molecular flexibility index (Phi) is 18.2. The van der Waals surface area contributed by atoms with Crippen LogP contribution in [-0.2, 0) is 47.8 Å². The van der Waals surface area contributed by atoms with E-state index in [0.717, 1.165) is 10.1 Å². The summed E-state index contributed by atoms with van der Waals surface area (Å²) in [6, 6.07) is 0. The third-order valence-electron chi connectivity index (χ3n) is 5.16. The van der Waals surface area contributed by atoms with Gasteiger partial charge >= 0.3 is 36.1 Å². The summed E-state index contributed by atoms with van der Waals surface area (Å²) in [7, 11) is 0. The molecule has 0 aromatic carbocycles. The minimum atomic E-state index is -0.971. The van der Waals surface area contributed by atoms with Gasteiger partial charge in [-0.25, -0.2) is 28.8 Å². The molecule has 0 radical (unpaired) electrons. The second-order valence-electron chi connectivity index (χ2n) is 10.1. The maximum absolute atomic E-state index is 12.6. The number of hydroxylamine groups is 4. The first kappa shape index (κ1) is 39.4. The number of unbranched alkanes of at least 4 members (excludes halogenated alkanes) is 3. The van der Waals surface area contributed by atoms with Crippen LogP contribution >= 0.6 is 0 Å². The third-order valence-corrected chi connectivity index (χ3v) is 5.16. The standard InChI is InChI=1S/C30H44N2O12/c1-19(2)25(33)41-23(9)17-39-29(37)31(43-27(35)21(5)6)15-13-11-12-14-16-32(44-28(36)22(7)8)30(38)40-18-24(10)42-26(34)20(3)4/h23-24H,1,3,5,7,11-18H2,2,4,6,8-10H3. The lowest BCUT2D eigenvalue weighted by atomic mass is 10.2. The molecule has 0 aromatic rings. The first-order valence-corrected chi connectivity index (χ1v) is 13.8. The van der Waals surface area contributed by atoms with Crippen LogP contribution in [0.1, 0.15) is 67.2 Å². The summed E-state index contributed by atoms with van der Waals surface area (Å²) in [5.74, 6) is -2.94. The van der Waals surface area contributed by atoms with Gasteiger partial charge in [0.15, 0.2) is 0 Å². The topological polar surface area (TPSA) is 164 Å². The van der Waals surface area contributed by atoms with Crippen LogP contribution in [0, 0.1) is 0 Å². The molecule has 0 N–H and O–H groups in total. The lowest BCUT2D eigenvalue weighted by Gasteiger charge is -2.22. The highest BCUT2D eigenvalue weighted by molar-refractivity contribution is 5.88. The first-order valence-electron chi connectivity index (χ1n) is 13.8. The maximum atomic E-state index is 12.6. The van der Waals surface area contributed by atoms with Crippen molar-refractivity contribution in [1.82, 2.24) is 10.1 Å². The number of hydrogen-bond acceptors (Lipinski definition) is 12. The van der Waals surface area contributed by atoms with Crippen molar-refractivity contribution in [3.8, 4) is 0 Å². The van der Waals surface area contributed by atoms with E-state index in [0.29, 0.717) is 25.7 Å². The zero-order valence-electron chi connectivity index (χ0n) is 26.4. The van der Waals surface area contributed by atoms with E-state index in [1.165, 1.54) is 41.5 Å². The largest absolute Gasteiger partial charge is 0.456 e. The van der Waals surface area contributed by atoms with Gasteiger partial charge < -0.3 is 28.6 Å². The molecule has 14 heteroatoms.